The maximum Gasteiger partial charge on any atom is 0.316 e. The van der Waals surface area contributed by atoms with E-state index in [1.54, 1.807) is 0 Å². The van der Waals surface area contributed by atoms with Crippen molar-refractivity contribution in [3.63, 3.8) is 0 Å². The summed E-state index contributed by atoms with van der Waals surface area (Å²) in [6.45, 7) is 0. The molecule has 3 N–H and O–H groups in total. The maximum absolute atomic E-state index is 13.7. The third-order valence-corrected chi connectivity index (χ3v) is 2.91. The lowest BCUT2D eigenvalue weighted by atomic mass is 10.0. The Balaban J connectivity index is 2.57. The average Bonchev–Trinajstić information content (AvgIpc) is 2.40. The number of halogens is 3. The molecule has 2 amide bonds. The Morgan fingerprint density at radius 1 is 1.10 bits per heavy atom. The predicted octanol–water partition coefficient (Wildman–Crippen LogP) is 3.34. The van der Waals surface area contributed by atoms with E-state index < -0.39 is 29.0 Å². The number of carbonyl (C=O) groups excluding carboxylic acids is 2. The minimum atomic E-state index is -1.01. The summed E-state index contributed by atoms with van der Waals surface area (Å²) in [5.74, 6) is -2.97. The summed E-state index contributed by atoms with van der Waals surface area (Å²) >= 11 is 5.78. The number of ketones is 1. The average molecular weight is 311 g/mol. The van der Waals surface area contributed by atoms with E-state index >= 15 is 0 Å². The normalized spacial score (nSPS) is 10.2. The maximum atomic E-state index is 13.7. The number of anilines is 1. The van der Waals surface area contributed by atoms with E-state index in [1.165, 1.54) is 18.2 Å². The van der Waals surface area contributed by atoms with Gasteiger partial charge in [0.15, 0.2) is 0 Å². The van der Waals surface area contributed by atoms with Crippen molar-refractivity contribution in [2.24, 2.45) is 5.73 Å². The molecule has 0 saturated carbocycles. The van der Waals surface area contributed by atoms with Crippen molar-refractivity contribution in [3.05, 3.63) is 64.2 Å². The quantitative estimate of drug-likeness (QED) is 0.853. The van der Waals surface area contributed by atoms with E-state index in [9.17, 15) is 18.4 Å². The van der Waals surface area contributed by atoms with Gasteiger partial charge in [-0.25, -0.2) is 13.6 Å². The summed E-state index contributed by atoms with van der Waals surface area (Å²) in [5.41, 5.74) is 4.11. The lowest BCUT2D eigenvalue weighted by Gasteiger charge is -2.10. The van der Waals surface area contributed by atoms with Crippen LogP contribution in [0.3, 0.4) is 0 Å². The smallest absolute Gasteiger partial charge is 0.316 e. The van der Waals surface area contributed by atoms with Gasteiger partial charge in [0.05, 0.1) is 11.3 Å². The molecule has 21 heavy (non-hydrogen) atoms. The van der Waals surface area contributed by atoms with Crippen LogP contribution in [0.25, 0.3) is 0 Å². The highest BCUT2D eigenvalue weighted by Gasteiger charge is 2.22. The van der Waals surface area contributed by atoms with Crippen LogP contribution >= 0.6 is 11.6 Å². The molecule has 0 bridgehead atoms. The first-order valence-electron chi connectivity index (χ1n) is 5.75. The van der Waals surface area contributed by atoms with E-state index in [0.29, 0.717) is 0 Å². The number of hydrogen-bond donors (Lipinski definition) is 2. The van der Waals surface area contributed by atoms with Crippen LogP contribution in [-0.4, -0.2) is 11.8 Å². The number of rotatable bonds is 3. The van der Waals surface area contributed by atoms with Crippen LogP contribution in [0.4, 0.5) is 19.3 Å². The van der Waals surface area contributed by atoms with Crippen LogP contribution in [0.1, 0.15) is 15.9 Å². The Morgan fingerprint density at radius 2 is 1.71 bits per heavy atom. The summed E-state index contributed by atoms with van der Waals surface area (Å²) in [7, 11) is 0. The molecular weight excluding hydrogens is 302 g/mol. The Bertz CT molecular complexity index is 715. The van der Waals surface area contributed by atoms with Gasteiger partial charge >= 0.3 is 6.03 Å². The second-order valence-corrected chi connectivity index (χ2v) is 4.54. The number of nitrogens with one attached hydrogen (secondary N) is 1. The van der Waals surface area contributed by atoms with Gasteiger partial charge in [0.1, 0.15) is 11.6 Å². The van der Waals surface area contributed by atoms with Crippen LogP contribution in [0, 0.1) is 11.6 Å². The van der Waals surface area contributed by atoms with Gasteiger partial charge in [0.2, 0.25) is 5.78 Å². The highest BCUT2D eigenvalue weighted by molar-refractivity contribution is 6.31. The Hall–Kier alpha value is -2.47. The first-order chi connectivity index (χ1) is 9.90. The van der Waals surface area contributed by atoms with Crippen molar-refractivity contribution in [1.82, 2.24) is 0 Å². The summed E-state index contributed by atoms with van der Waals surface area (Å²) in [4.78, 5) is 23.2. The molecule has 0 aliphatic carbocycles. The Morgan fingerprint density at radius 3 is 2.29 bits per heavy atom. The number of benzene rings is 2. The Kier molecular flexibility index (Phi) is 4.18. The fourth-order valence-corrected chi connectivity index (χ4v) is 1.97. The van der Waals surface area contributed by atoms with Crippen LogP contribution in [-0.2, 0) is 0 Å². The van der Waals surface area contributed by atoms with Crippen molar-refractivity contribution < 1.29 is 18.4 Å². The number of nitrogens with two attached hydrogens (primary N) is 1. The van der Waals surface area contributed by atoms with Gasteiger partial charge in [-0.3, -0.25) is 4.79 Å². The fourth-order valence-electron chi connectivity index (χ4n) is 1.80. The predicted molar refractivity (Wildman–Crippen MR) is 74.4 cm³/mol. The highest BCUT2D eigenvalue weighted by Crippen LogP contribution is 2.25. The molecule has 0 saturated heterocycles. The Labute approximate surface area is 123 Å². The van der Waals surface area contributed by atoms with E-state index in [-0.39, 0.29) is 16.3 Å². The van der Waals surface area contributed by atoms with Crippen molar-refractivity contribution >= 4 is 29.1 Å². The molecule has 2 aromatic carbocycles. The monoisotopic (exact) mass is 310 g/mol. The molecule has 0 aliphatic rings. The molecule has 0 unspecified atom stereocenters. The van der Waals surface area contributed by atoms with Crippen molar-refractivity contribution in [1.29, 1.82) is 0 Å². The van der Waals surface area contributed by atoms with E-state index in [2.05, 4.69) is 5.32 Å². The number of hydrogen-bond acceptors (Lipinski definition) is 2. The van der Waals surface area contributed by atoms with Crippen molar-refractivity contribution in [3.8, 4) is 0 Å². The summed E-state index contributed by atoms with van der Waals surface area (Å²) < 4.78 is 27.4. The molecule has 0 aromatic heterocycles. The zero-order valence-electron chi connectivity index (χ0n) is 10.5. The third kappa shape index (κ3) is 3.17. The lowest BCUT2D eigenvalue weighted by molar-refractivity contribution is 0.103. The number of primary amides is 1. The molecule has 0 heterocycles. The van der Waals surface area contributed by atoms with E-state index in [0.717, 1.165) is 18.2 Å². The molecule has 4 nitrogen and oxygen atoms in total. The lowest BCUT2D eigenvalue weighted by Crippen LogP contribution is -2.21. The van der Waals surface area contributed by atoms with Gasteiger partial charge in [-0.15, -0.1) is 0 Å². The summed E-state index contributed by atoms with van der Waals surface area (Å²) in [5, 5.41) is 2.38. The second-order valence-electron chi connectivity index (χ2n) is 4.10. The van der Waals surface area contributed by atoms with Gasteiger partial charge < -0.3 is 11.1 Å². The van der Waals surface area contributed by atoms with Crippen LogP contribution in [0.2, 0.25) is 5.02 Å². The number of carbonyl (C=O) groups is 2. The molecule has 0 atom stereocenters. The first kappa shape index (κ1) is 14.9. The van der Waals surface area contributed by atoms with E-state index in [1.807, 2.05) is 0 Å². The van der Waals surface area contributed by atoms with E-state index in [4.69, 9.17) is 17.3 Å². The van der Waals surface area contributed by atoms with Crippen molar-refractivity contribution in [2.45, 2.75) is 0 Å². The molecule has 0 spiro atoms. The van der Waals surface area contributed by atoms with Gasteiger partial charge in [-0.1, -0.05) is 17.7 Å². The molecule has 0 fully saturated rings. The molecule has 2 aromatic rings. The minimum absolute atomic E-state index is 0.0135. The standard InChI is InChI=1S/C14H9ClF2N2O2/c15-7-4-5-11(19-14(18)21)8(6-7)13(20)12-9(16)2-1-3-10(12)17/h1-6H,(H3,18,19,21). The van der Waals surface area contributed by atoms with Crippen molar-refractivity contribution in [2.75, 3.05) is 5.32 Å². The largest absolute Gasteiger partial charge is 0.351 e. The zero-order valence-corrected chi connectivity index (χ0v) is 11.2. The minimum Gasteiger partial charge on any atom is -0.351 e. The molecule has 7 heteroatoms. The molecular formula is C14H9ClF2N2O2. The van der Waals surface area contributed by atoms with Crippen LogP contribution in [0.5, 0.6) is 0 Å². The first-order valence-corrected chi connectivity index (χ1v) is 6.12. The molecule has 0 radical (unpaired) electrons. The number of urea groups is 1. The molecule has 2 rings (SSSR count). The van der Waals surface area contributed by atoms with Gasteiger partial charge in [-0.2, -0.15) is 0 Å². The summed E-state index contributed by atoms with van der Waals surface area (Å²) in [6.07, 6.45) is 0. The van der Waals surface area contributed by atoms with Gasteiger partial charge in [-0.05, 0) is 30.3 Å². The van der Waals surface area contributed by atoms with Crippen LogP contribution < -0.4 is 11.1 Å². The molecule has 0 aliphatic heterocycles. The summed E-state index contributed by atoms with van der Waals surface area (Å²) in [6, 6.07) is 6.06. The second kappa shape index (κ2) is 5.88. The van der Waals surface area contributed by atoms with Gasteiger partial charge in [0, 0.05) is 10.6 Å². The molecule has 108 valence electrons. The van der Waals surface area contributed by atoms with Crippen LogP contribution in [0.15, 0.2) is 36.4 Å². The van der Waals surface area contributed by atoms with Gasteiger partial charge in [0.25, 0.3) is 0 Å². The number of amides is 2. The SMILES string of the molecule is NC(=O)Nc1ccc(Cl)cc1C(=O)c1c(F)cccc1F. The third-order valence-electron chi connectivity index (χ3n) is 2.67. The fraction of sp³-hybridized carbons (Fsp3) is 0. The topological polar surface area (TPSA) is 72.2 Å². The zero-order chi connectivity index (χ0) is 15.6. The highest BCUT2D eigenvalue weighted by atomic mass is 35.5.